The van der Waals surface area contributed by atoms with Gasteiger partial charge in [0.1, 0.15) is 12.4 Å². The minimum Gasteiger partial charge on any atom is -0.492 e. The average Bonchev–Trinajstić information content (AvgIpc) is 2.15. The highest BCUT2D eigenvalue weighted by Crippen LogP contribution is 2.18. The van der Waals surface area contributed by atoms with Crippen molar-refractivity contribution in [2.45, 2.75) is 6.92 Å². The predicted molar refractivity (Wildman–Crippen MR) is 54.2 cm³/mol. The lowest BCUT2D eigenvalue weighted by atomic mass is 10.1. The molecule has 0 aromatic heterocycles. The van der Waals surface area contributed by atoms with Crippen molar-refractivity contribution in [1.82, 2.24) is 0 Å². The molecule has 0 aliphatic carbocycles. The van der Waals surface area contributed by atoms with Crippen LogP contribution in [-0.4, -0.2) is 19.1 Å². The Kier molecular flexibility index (Phi) is 3.48. The maximum atomic E-state index is 10.8. The van der Waals surface area contributed by atoms with Crippen molar-refractivity contribution >= 4 is 5.91 Å². The number of amides is 1. The Hall–Kier alpha value is -1.55. The third-order valence-corrected chi connectivity index (χ3v) is 1.83. The molecule has 0 heterocycles. The van der Waals surface area contributed by atoms with Crippen molar-refractivity contribution in [3.05, 3.63) is 29.3 Å². The molecular weight excluding hydrogens is 180 g/mol. The van der Waals surface area contributed by atoms with E-state index < -0.39 is 5.91 Å². The van der Waals surface area contributed by atoms with E-state index >= 15 is 0 Å². The summed E-state index contributed by atoms with van der Waals surface area (Å²) < 4.78 is 5.34. The lowest BCUT2D eigenvalue weighted by molar-refractivity contribution is 0.1000. The van der Waals surface area contributed by atoms with E-state index in [1.165, 1.54) is 0 Å². The molecule has 4 nitrogen and oxygen atoms in total. The molecule has 0 spiro atoms. The minimum atomic E-state index is -0.432. The van der Waals surface area contributed by atoms with Gasteiger partial charge < -0.3 is 16.2 Å². The molecule has 1 aromatic rings. The first kappa shape index (κ1) is 10.5. The van der Waals surface area contributed by atoms with Gasteiger partial charge in [-0.3, -0.25) is 4.79 Å². The van der Waals surface area contributed by atoms with Gasteiger partial charge >= 0.3 is 0 Å². The second kappa shape index (κ2) is 4.62. The van der Waals surface area contributed by atoms with E-state index in [0.29, 0.717) is 18.7 Å². The highest BCUT2D eigenvalue weighted by atomic mass is 16.5. The number of rotatable bonds is 4. The predicted octanol–water partition coefficient (Wildman–Crippen LogP) is 0.431. The van der Waals surface area contributed by atoms with Crippen LogP contribution in [0.1, 0.15) is 15.9 Å². The molecule has 0 aliphatic rings. The molecule has 76 valence electrons. The molecule has 0 fully saturated rings. The van der Waals surface area contributed by atoms with E-state index in [2.05, 4.69) is 0 Å². The van der Waals surface area contributed by atoms with Crippen LogP contribution in [0.15, 0.2) is 18.2 Å². The zero-order valence-electron chi connectivity index (χ0n) is 8.12. The Morgan fingerprint density at radius 1 is 1.50 bits per heavy atom. The number of hydrogen-bond acceptors (Lipinski definition) is 3. The topological polar surface area (TPSA) is 78.3 Å². The van der Waals surface area contributed by atoms with Gasteiger partial charge in [0.05, 0.1) is 0 Å². The van der Waals surface area contributed by atoms with Crippen LogP contribution in [0.25, 0.3) is 0 Å². The van der Waals surface area contributed by atoms with E-state index in [4.69, 9.17) is 16.2 Å². The van der Waals surface area contributed by atoms with Gasteiger partial charge in [0.2, 0.25) is 5.91 Å². The van der Waals surface area contributed by atoms with Gasteiger partial charge in [-0.1, -0.05) is 0 Å². The Balaban J connectivity index is 2.84. The van der Waals surface area contributed by atoms with Crippen LogP contribution in [0.4, 0.5) is 0 Å². The summed E-state index contributed by atoms with van der Waals surface area (Å²) in [5.41, 5.74) is 11.8. The van der Waals surface area contributed by atoms with Crippen molar-refractivity contribution in [3.63, 3.8) is 0 Å². The summed E-state index contributed by atoms with van der Waals surface area (Å²) in [6, 6.07) is 5.07. The summed E-state index contributed by atoms with van der Waals surface area (Å²) in [6.45, 7) is 2.80. The van der Waals surface area contributed by atoms with Crippen LogP contribution in [0, 0.1) is 6.92 Å². The average molecular weight is 194 g/mol. The van der Waals surface area contributed by atoms with E-state index in [-0.39, 0.29) is 0 Å². The molecule has 0 radical (unpaired) electrons. The molecule has 0 aliphatic heterocycles. The molecular formula is C10H14N2O2. The van der Waals surface area contributed by atoms with Gasteiger partial charge in [0.25, 0.3) is 0 Å². The molecule has 0 saturated carbocycles. The van der Waals surface area contributed by atoms with Gasteiger partial charge in [-0.15, -0.1) is 0 Å². The largest absolute Gasteiger partial charge is 0.492 e. The van der Waals surface area contributed by atoms with Crippen molar-refractivity contribution in [2.24, 2.45) is 11.5 Å². The van der Waals surface area contributed by atoms with Crippen LogP contribution in [0.3, 0.4) is 0 Å². The van der Waals surface area contributed by atoms with Crippen molar-refractivity contribution in [3.8, 4) is 5.75 Å². The smallest absolute Gasteiger partial charge is 0.248 e. The lowest BCUT2D eigenvalue weighted by Crippen LogP contribution is -2.13. The van der Waals surface area contributed by atoms with Crippen LogP contribution in [0.5, 0.6) is 5.75 Å². The van der Waals surface area contributed by atoms with Crippen LogP contribution >= 0.6 is 0 Å². The number of carbonyl (C=O) groups is 1. The molecule has 0 unspecified atom stereocenters. The monoisotopic (exact) mass is 194 g/mol. The first-order valence-electron chi connectivity index (χ1n) is 4.38. The normalized spacial score (nSPS) is 9.86. The Labute approximate surface area is 82.8 Å². The molecule has 1 aromatic carbocycles. The first-order chi connectivity index (χ1) is 6.65. The van der Waals surface area contributed by atoms with Crippen molar-refractivity contribution < 1.29 is 9.53 Å². The molecule has 1 rings (SSSR count). The molecule has 4 heteroatoms. The van der Waals surface area contributed by atoms with Crippen molar-refractivity contribution in [1.29, 1.82) is 0 Å². The fraction of sp³-hybridized carbons (Fsp3) is 0.300. The number of nitrogens with two attached hydrogens (primary N) is 2. The second-order valence-corrected chi connectivity index (χ2v) is 2.98. The van der Waals surface area contributed by atoms with Gasteiger partial charge in [-0.2, -0.15) is 0 Å². The molecule has 0 saturated heterocycles. The Morgan fingerprint density at radius 2 is 2.21 bits per heavy atom. The number of aryl methyl sites for hydroxylation is 1. The summed E-state index contributed by atoms with van der Waals surface area (Å²) >= 11 is 0. The highest BCUT2D eigenvalue weighted by molar-refractivity contribution is 5.93. The van der Waals surface area contributed by atoms with E-state index in [1.807, 2.05) is 6.92 Å². The van der Waals surface area contributed by atoms with Gasteiger partial charge in [0, 0.05) is 12.1 Å². The Bertz CT molecular complexity index is 337. The third-order valence-electron chi connectivity index (χ3n) is 1.83. The maximum Gasteiger partial charge on any atom is 0.248 e. The van der Waals surface area contributed by atoms with Gasteiger partial charge in [0.15, 0.2) is 0 Å². The summed E-state index contributed by atoms with van der Waals surface area (Å²) in [6.07, 6.45) is 0. The van der Waals surface area contributed by atoms with Crippen LogP contribution in [0.2, 0.25) is 0 Å². The van der Waals surface area contributed by atoms with Crippen LogP contribution < -0.4 is 16.2 Å². The van der Waals surface area contributed by atoms with Gasteiger partial charge in [-0.05, 0) is 30.7 Å². The fourth-order valence-corrected chi connectivity index (χ4v) is 1.13. The quantitative estimate of drug-likeness (QED) is 0.729. The van der Waals surface area contributed by atoms with Gasteiger partial charge in [-0.25, -0.2) is 0 Å². The van der Waals surface area contributed by atoms with E-state index in [0.717, 1.165) is 11.3 Å². The fourth-order valence-electron chi connectivity index (χ4n) is 1.13. The number of ether oxygens (including phenoxy) is 1. The van der Waals surface area contributed by atoms with E-state index in [1.54, 1.807) is 18.2 Å². The molecule has 0 bridgehead atoms. The molecule has 0 atom stereocenters. The molecule has 4 N–H and O–H groups in total. The van der Waals surface area contributed by atoms with Crippen LogP contribution in [-0.2, 0) is 0 Å². The van der Waals surface area contributed by atoms with Crippen molar-refractivity contribution in [2.75, 3.05) is 13.2 Å². The lowest BCUT2D eigenvalue weighted by Gasteiger charge is -2.08. The van der Waals surface area contributed by atoms with E-state index in [9.17, 15) is 4.79 Å². The minimum absolute atomic E-state index is 0.432. The SMILES string of the molecule is Cc1cc(C(N)=O)ccc1OCCN. The number of benzene rings is 1. The number of hydrogen-bond donors (Lipinski definition) is 2. The molecule has 14 heavy (non-hydrogen) atoms. The summed E-state index contributed by atoms with van der Waals surface area (Å²) in [4.78, 5) is 10.8. The second-order valence-electron chi connectivity index (χ2n) is 2.98. The number of carbonyl (C=O) groups excluding carboxylic acids is 1. The zero-order chi connectivity index (χ0) is 10.6. The molecule has 1 amide bonds. The standard InChI is InChI=1S/C10H14N2O2/c1-7-6-8(10(12)13)2-3-9(7)14-5-4-11/h2-3,6H,4-5,11H2,1H3,(H2,12,13). The summed E-state index contributed by atoms with van der Waals surface area (Å²) in [5.74, 6) is 0.305. The number of primary amides is 1. The summed E-state index contributed by atoms with van der Waals surface area (Å²) in [5, 5.41) is 0. The highest BCUT2D eigenvalue weighted by Gasteiger charge is 2.04. The third kappa shape index (κ3) is 2.47. The Morgan fingerprint density at radius 3 is 2.71 bits per heavy atom. The first-order valence-corrected chi connectivity index (χ1v) is 4.38. The maximum absolute atomic E-state index is 10.8. The zero-order valence-corrected chi connectivity index (χ0v) is 8.12. The summed E-state index contributed by atoms with van der Waals surface area (Å²) in [7, 11) is 0.